The van der Waals surface area contributed by atoms with Gasteiger partial charge in [-0.1, -0.05) is 26.0 Å². The highest BCUT2D eigenvalue weighted by atomic mass is 32.2. The number of hydrogen-bond acceptors (Lipinski definition) is 5. The molecule has 8 nitrogen and oxygen atoms in total. The first-order chi connectivity index (χ1) is 13.3. The standard InChI is InChI=1S/C19H26N4O4S/c1-3-14(2)15-4-6-16(7-5-15)28(26,27)23-12-10-22(11-13-23)19(25)17-8-9-18(24)21-20-17/h4-7,14H,3,8-13H2,1-2H3,(H,21,24)/t14-/m1/s1. The predicted octanol–water partition coefficient (Wildman–Crippen LogP) is 1.30. The molecule has 0 radical (unpaired) electrons. The van der Waals surface area contributed by atoms with Crippen molar-refractivity contribution in [1.82, 2.24) is 14.6 Å². The van der Waals surface area contributed by atoms with Crippen LogP contribution in [0.4, 0.5) is 0 Å². The average Bonchev–Trinajstić information content (AvgIpc) is 2.73. The van der Waals surface area contributed by atoms with Crippen LogP contribution in [0.5, 0.6) is 0 Å². The van der Waals surface area contributed by atoms with E-state index in [1.807, 2.05) is 12.1 Å². The summed E-state index contributed by atoms with van der Waals surface area (Å²) >= 11 is 0. The van der Waals surface area contributed by atoms with Crippen LogP contribution in [0.1, 0.15) is 44.6 Å². The fourth-order valence-corrected chi connectivity index (χ4v) is 4.72. The highest BCUT2D eigenvalue weighted by Crippen LogP contribution is 2.23. The van der Waals surface area contributed by atoms with Crippen LogP contribution in [0.15, 0.2) is 34.3 Å². The fraction of sp³-hybridized carbons (Fsp3) is 0.526. The second-order valence-electron chi connectivity index (χ2n) is 7.17. The summed E-state index contributed by atoms with van der Waals surface area (Å²) in [5, 5.41) is 3.82. The molecular weight excluding hydrogens is 380 g/mol. The summed E-state index contributed by atoms with van der Waals surface area (Å²) in [7, 11) is -3.58. The maximum Gasteiger partial charge on any atom is 0.270 e. The van der Waals surface area contributed by atoms with Crippen molar-refractivity contribution in [3.05, 3.63) is 29.8 Å². The number of benzene rings is 1. The molecule has 152 valence electrons. The lowest BCUT2D eigenvalue weighted by Gasteiger charge is -2.34. The van der Waals surface area contributed by atoms with Crippen molar-refractivity contribution < 1.29 is 18.0 Å². The van der Waals surface area contributed by atoms with Gasteiger partial charge in [0.2, 0.25) is 15.9 Å². The molecule has 9 heteroatoms. The topological polar surface area (TPSA) is 99.2 Å². The van der Waals surface area contributed by atoms with Gasteiger partial charge in [0.15, 0.2) is 0 Å². The molecule has 0 bridgehead atoms. The minimum atomic E-state index is -3.58. The van der Waals surface area contributed by atoms with Gasteiger partial charge in [-0.25, -0.2) is 13.8 Å². The third kappa shape index (κ3) is 4.25. The highest BCUT2D eigenvalue weighted by Gasteiger charge is 2.32. The van der Waals surface area contributed by atoms with Crippen LogP contribution in [-0.4, -0.2) is 61.3 Å². The number of amides is 2. The fourth-order valence-electron chi connectivity index (χ4n) is 3.30. The van der Waals surface area contributed by atoms with Gasteiger partial charge in [0.1, 0.15) is 5.71 Å². The number of sulfonamides is 1. The molecule has 1 saturated heterocycles. The molecule has 2 aliphatic rings. The Morgan fingerprint density at radius 3 is 2.32 bits per heavy atom. The Hall–Kier alpha value is -2.26. The molecule has 3 rings (SSSR count). The Morgan fingerprint density at radius 1 is 1.14 bits per heavy atom. The summed E-state index contributed by atoms with van der Waals surface area (Å²) < 4.78 is 27.2. The van der Waals surface area contributed by atoms with E-state index in [1.54, 1.807) is 17.0 Å². The van der Waals surface area contributed by atoms with Crippen LogP contribution in [-0.2, 0) is 19.6 Å². The quantitative estimate of drug-likeness (QED) is 0.797. The van der Waals surface area contributed by atoms with Gasteiger partial charge < -0.3 is 4.90 Å². The first-order valence-corrected chi connectivity index (χ1v) is 11.0. The number of carbonyl (C=O) groups is 2. The number of carbonyl (C=O) groups excluding carboxylic acids is 2. The van der Waals surface area contributed by atoms with E-state index in [9.17, 15) is 18.0 Å². The van der Waals surface area contributed by atoms with Crippen molar-refractivity contribution in [2.45, 2.75) is 43.9 Å². The van der Waals surface area contributed by atoms with Crippen LogP contribution in [0.25, 0.3) is 0 Å². The highest BCUT2D eigenvalue weighted by molar-refractivity contribution is 7.89. The number of nitrogens with zero attached hydrogens (tertiary/aromatic N) is 3. The molecule has 1 aromatic rings. The van der Waals surface area contributed by atoms with Crippen molar-refractivity contribution in [2.24, 2.45) is 5.10 Å². The lowest BCUT2D eigenvalue weighted by Crippen LogP contribution is -2.52. The number of hydrazone groups is 1. The Kier molecular flexibility index (Phi) is 6.14. The molecular formula is C19H26N4O4S. The zero-order valence-corrected chi connectivity index (χ0v) is 17.0. The molecule has 0 aromatic heterocycles. The van der Waals surface area contributed by atoms with Crippen LogP contribution < -0.4 is 5.43 Å². The zero-order chi connectivity index (χ0) is 20.3. The summed E-state index contributed by atoms with van der Waals surface area (Å²) in [6, 6.07) is 7.06. The van der Waals surface area contributed by atoms with Crippen molar-refractivity contribution in [2.75, 3.05) is 26.2 Å². The Bertz CT molecular complexity index is 872. The molecule has 0 saturated carbocycles. The minimum absolute atomic E-state index is 0.202. The second kappa shape index (κ2) is 8.40. The first kappa shape index (κ1) is 20.5. The molecule has 0 unspecified atom stereocenters. The minimum Gasteiger partial charge on any atom is -0.335 e. The zero-order valence-electron chi connectivity index (χ0n) is 16.2. The normalized spacial score (nSPS) is 19.7. The summed E-state index contributed by atoms with van der Waals surface area (Å²) in [5.74, 6) is -0.0550. The maximum atomic E-state index is 12.9. The van der Waals surface area contributed by atoms with Gasteiger partial charge in [-0.3, -0.25) is 9.59 Å². The molecule has 1 N–H and O–H groups in total. The van der Waals surface area contributed by atoms with Crippen LogP contribution in [0, 0.1) is 0 Å². The SMILES string of the molecule is CC[C@@H](C)c1ccc(S(=O)(=O)N2CCN(C(=O)C3=NNC(=O)CC3)CC2)cc1. The molecule has 2 amide bonds. The van der Waals surface area contributed by atoms with E-state index in [1.165, 1.54) is 4.31 Å². The Labute approximate surface area is 165 Å². The number of piperazine rings is 1. The van der Waals surface area contributed by atoms with Gasteiger partial charge >= 0.3 is 0 Å². The van der Waals surface area contributed by atoms with E-state index in [0.29, 0.717) is 31.1 Å². The van der Waals surface area contributed by atoms with E-state index in [-0.39, 0.29) is 36.2 Å². The summed E-state index contributed by atoms with van der Waals surface area (Å²) in [6.07, 6.45) is 1.55. The van der Waals surface area contributed by atoms with Gasteiger partial charge in [-0.05, 0) is 30.0 Å². The van der Waals surface area contributed by atoms with Gasteiger partial charge in [0.25, 0.3) is 5.91 Å². The van der Waals surface area contributed by atoms with E-state index >= 15 is 0 Å². The van der Waals surface area contributed by atoms with Crippen LogP contribution in [0.2, 0.25) is 0 Å². The van der Waals surface area contributed by atoms with Crippen molar-refractivity contribution in [3.8, 4) is 0 Å². The first-order valence-electron chi connectivity index (χ1n) is 9.57. The molecule has 0 spiro atoms. The lowest BCUT2D eigenvalue weighted by atomic mass is 9.99. The smallest absolute Gasteiger partial charge is 0.270 e. The molecule has 1 aromatic carbocycles. The van der Waals surface area contributed by atoms with E-state index in [4.69, 9.17) is 0 Å². The Morgan fingerprint density at radius 2 is 1.79 bits per heavy atom. The van der Waals surface area contributed by atoms with Crippen molar-refractivity contribution in [3.63, 3.8) is 0 Å². The molecule has 2 aliphatic heterocycles. The second-order valence-corrected chi connectivity index (χ2v) is 9.11. The van der Waals surface area contributed by atoms with Crippen molar-refractivity contribution in [1.29, 1.82) is 0 Å². The summed E-state index contributed by atoms with van der Waals surface area (Å²) in [4.78, 5) is 25.5. The summed E-state index contributed by atoms with van der Waals surface area (Å²) in [6.45, 7) is 5.29. The molecule has 0 aliphatic carbocycles. The number of nitrogens with one attached hydrogen (secondary N) is 1. The average molecular weight is 407 g/mol. The van der Waals surface area contributed by atoms with E-state index < -0.39 is 10.0 Å². The van der Waals surface area contributed by atoms with Gasteiger partial charge in [-0.2, -0.15) is 9.41 Å². The molecule has 2 heterocycles. The number of rotatable bonds is 5. The largest absolute Gasteiger partial charge is 0.335 e. The lowest BCUT2D eigenvalue weighted by molar-refractivity contribution is -0.125. The molecule has 1 atom stereocenters. The summed E-state index contributed by atoms with van der Waals surface area (Å²) in [5.41, 5.74) is 3.76. The third-order valence-corrected chi connectivity index (χ3v) is 7.29. The van der Waals surface area contributed by atoms with Crippen molar-refractivity contribution >= 4 is 27.5 Å². The Balaban J connectivity index is 1.63. The molecule has 1 fully saturated rings. The number of hydrogen-bond donors (Lipinski definition) is 1. The third-order valence-electron chi connectivity index (χ3n) is 5.38. The van der Waals surface area contributed by atoms with E-state index in [2.05, 4.69) is 24.4 Å². The predicted molar refractivity (Wildman–Crippen MR) is 105 cm³/mol. The van der Waals surface area contributed by atoms with Gasteiger partial charge in [0, 0.05) is 39.0 Å². The van der Waals surface area contributed by atoms with Gasteiger partial charge in [-0.15, -0.1) is 0 Å². The monoisotopic (exact) mass is 406 g/mol. The molecule has 28 heavy (non-hydrogen) atoms. The van der Waals surface area contributed by atoms with Crippen LogP contribution >= 0.6 is 0 Å². The van der Waals surface area contributed by atoms with E-state index in [0.717, 1.165) is 12.0 Å². The van der Waals surface area contributed by atoms with Crippen LogP contribution in [0.3, 0.4) is 0 Å². The maximum absolute atomic E-state index is 12.9. The van der Waals surface area contributed by atoms with Gasteiger partial charge in [0.05, 0.1) is 4.90 Å².